The zero-order valence-corrected chi connectivity index (χ0v) is 8.47. The summed E-state index contributed by atoms with van der Waals surface area (Å²) >= 11 is 5.48. The normalized spacial score (nSPS) is 10.0. The van der Waals surface area contributed by atoms with Crippen LogP contribution in [0.4, 0.5) is 0 Å². The third kappa shape index (κ3) is 2.85. The Morgan fingerprint density at radius 1 is 1.31 bits per heavy atom. The van der Waals surface area contributed by atoms with Crippen LogP contribution in [0.1, 0.15) is 29.3 Å². The van der Waals surface area contributed by atoms with E-state index in [0.717, 1.165) is 12.0 Å². The van der Waals surface area contributed by atoms with Crippen molar-refractivity contribution in [1.82, 2.24) is 0 Å². The number of hydrogen-bond donors (Lipinski definition) is 0. The summed E-state index contributed by atoms with van der Waals surface area (Å²) in [5.41, 5.74) is 2.01. The molecule has 0 bridgehead atoms. The highest BCUT2D eigenvalue weighted by Crippen LogP contribution is 2.07. The molecule has 0 aromatic heterocycles. The molecule has 0 saturated heterocycles. The first-order chi connectivity index (χ1) is 6.27. The van der Waals surface area contributed by atoms with Crippen LogP contribution in [0.2, 0.25) is 0 Å². The van der Waals surface area contributed by atoms with Crippen molar-refractivity contribution < 1.29 is 4.79 Å². The maximum Gasteiger partial charge on any atom is 0.164 e. The smallest absolute Gasteiger partial charge is 0.164 e. The van der Waals surface area contributed by atoms with Crippen molar-refractivity contribution in [3.8, 4) is 0 Å². The summed E-state index contributed by atoms with van der Waals surface area (Å²) in [5, 5.41) is 0. The topological polar surface area (TPSA) is 17.1 Å². The maximum atomic E-state index is 11.4. The minimum Gasteiger partial charge on any atom is -0.294 e. The molecule has 0 atom stereocenters. The third-order valence-corrected chi connectivity index (χ3v) is 2.19. The van der Waals surface area contributed by atoms with Crippen molar-refractivity contribution in [2.75, 3.05) is 5.88 Å². The van der Waals surface area contributed by atoms with Gasteiger partial charge in [0.25, 0.3) is 0 Å². The van der Waals surface area contributed by atoms with Crippen LogP contribution in [0.5, 0.6) is 0 Å². The molecule has 0 aliphatic carbocycles. The Kier molecular flexibility index (Phi) is 3.97. The van der Waals surface area contributed by atoms with Crippen molar-refractivity contribution in [2.45, 2.75) is 19.8 Å². The standard InChI is InChI=1S/C11H13ClO/c1-2-9-3-5-10(6-4-9)11(13)7-8-12/h3-6H,2,7-8H2,1H3. The van der Waals surface area contributed by atoms with Gasteiger partial charge < -0.3 is 0 Å². The Balaban J connectivity index is 2.74. The minimum absolute atomic E-state index is 0.123. The van der Waals surface area contributed by atoms with Gasteiger partial charge in [-0.05, 0) is 12.0 Å². The van der Waals surface area contributed by atoms with Gasteiger partial charge >= 0.3 is 0 Å². The molecule has 0 radical (unpaired) electrons. The molecule has 1 rings (SSSR count). The summed E-state index contributed by atoms with van der Waals surface area (Å²) in [7, 11) is 0. The van der Waals surface area contributed by atoms with Crippen LogP contribution in [-0.4, -0.2) is 11.7 Å². The van der Waals surface area contributed by atoms with E-state index in [-0.39, 0.29) is 5.78 Å². The molecule has 1 aromatic carbocycles. The average Bonchev–Trinajstić information content (AvgIpc) is 2.18. The van der Waals surface area contributed by atoms with Gasteiger partial charge in [-0.1, -0.05) is 31.2 Å². The van der Waals surface area contributed by atoms with Crippen LogP contribution in [0.15, 0.2) is 24.3 Å². The lowest BCUT2D eigenvalue weighted by atomic mass is 10.1. The van der Waals surface area contributed by atoms with E-state index in [1.54, 1.807) is 0 Å². The summed E-state index contributed by atoms with van der Waals surface area (Å²) in [5.74, 6) is 0.520. The fraction of sp³-hybridized carbons (Fsp3) is 0.364. The van der Waals surface area contributed by atoms with Crippen LogP contribution < -0.4 is 0 Å². The maximum absolute atomic E-state index is 11.4. The predicted octanol–water partition coefficient (Wildman–Crippen LogP) is 3.06. The van der Waals surface area contributed by atoms with Crippen LogP contribution in [0.3, 0.4) is 0 Å². The number of carbonyl (C=O) groups excluding carboxylic acids is 1. The third-order valence-electron chi connectivity index (χ3n) is 2.01. The fourth-order valence-corrected chi connectivity index (χ4v) is 1.33. The summed E-state index contributed by atoms with van der Waals surface area (Å²) in [4.78, 5) is 11.4. The second-order valence-corrected chi connectivity index (χ2v) is 3.29. The second-order valence-electron chi connectivity index (χ2n) is 2.91. The number of rotatable bonds is 4. The predicted molar refractivity (Wildman–Crippen MR) is 55.5 cm³/mol. The molecule has 0 unspecified atom stereocenters. The van der Waals surface area contributed by atoms with Gasteiger partial charge in [-0.25, -0.2) is 0 Å². The molecule has 0 aliphatic rings. The van der Waals surface area contributed by atoms with Gasteiger partial charge in [0.1, 0.15) is 0 Å². The Labute approximate surface area is 83.7 Å². The first kappa shape index (κ1) is 10.3. The van der Waals surface area contributed by atoms with Gasteiger partial charge in [0, 0.05) is 17.9 Å². The van der Waals surface area contributed by atoms with Crippen LogP contribution in [0.25, 0.3) is 0 Å². The Bertz CT molecular complexity index is 277. The summed E-state index contributed by atoms with van der Waals surface area (Å²) in [6, 6.07) is 7.71. The lowest BCUT2D eigenvalue weighted by Crippen LogP contribution is -1.99. The van der Waals surface area contributed by atoms with E-state index in [1.165, 1.54) is 5.56 Å². The van der Waals surface area contributed by atoms with Crippen LogP contribution in [0, 0.1) is 0 Å². The van der Waals surface area contributed by atoms with Crippen LogP contribution >= 0.6 is 11.6 Å². The van der Waals surface area contributed by atoms with E-state index < -0.39 is 0 Å². The zero-order valence-electron chi connectivity index (χ0n) is 7.72. The van der Waals surface area contributed by atoms with Gasteiger partial charge in [-0.3, -0.25) is 4.79 Å². The quantitative estimate of drug-likeness (QED) is 0.535. The van der Waals surface area contributed by atoms with Gasteiger partial charge in [0.15, 0.2) is 5.78 Å². The number of ketones is 1. The van der Waals surface area contributed by atoms with Gasteiger partial charge in [-0.15, -0.1) is 11.6 Å². The Morgan fingerprint density at radius 2 is 1.92 bits per heavy atom. The molecule has 0 fully saturated rings. The van der Waals surface area contributed by atoms with E-state index in [4.69, 9.17) is 11.6 Å². The van der Waals surface area contributed by atoms with E-state index in [1.807, 2.05) is 24.3 Å². The number of alkyl halides is 1. The van der Waals surface area contributed by atoms with Gasteiger partial charge in [0.05, 0.1) is 0 Å². The highest BCUT2D eigenvalue weighted by molar-refractivity contribution is 6.19. The number of aryl methyl sites for hydroxylation is 1. The van der Waals surface area contributed by atoms with Gasteiger partial charge in [-0.2, -0.15) is 0 Å². The van der Waals surface area contributed by atoms with E-state index in [0.29, 0.717) is 12.3 Å². The van der Waals surface area contributed by atoms with Gasteiger partial charge in [0.2, 0.25) is 0 Å². The molecule has 0 saturated carbocycles. The van der Waals surface area contributed by atoms with E-state index >= 15 is 0 Å². The average molecular weight is 197 g/mol. The first-order valence-electron chi connectivity index (χ1n) is 4.46. The molecule has 2 heteroatoms. The molecule has 0 heterocycles. The summed E-state index contributed by atoms with van der Waals surface area (Å²) in [6.45, 7) is 2.09. The van der Waals surface area contributed by atoms with Crippen molar-refractivity contribution >= 4 is 17.4 Å². The number of halogens is 1. The van der Waals surface area contributed by atoms with Crippen molar-refractivity contribution in [2.24, 2.45) is 0 Å². The first-order valence-corrected chi connectivity index (χ1v) is 4.99. The number of Topliss-reactive ketones (excluding diaryl/α,β-unsaturated/α-hetero) is 1. The Hall–Kier alpha value is -0.820. The number of benzene rings is 1. The largest absolute Gasteiger partial charge is 0.294 e. The Morgan fingerprint density at radius 3 is 2.38 bits per heavy atom. The molecular weight excluding hydrogens is 184 g/mol. The lowest BCUT2D eigenvalue weighted by Gasteiger charge is -1.99. The second kappa shape index (κ2) is 5.03. The van der Waals surface area contributed by atoms with Crippen LogP contribution in [-0.2, 0) is 6.42 Å². The lowest BCUT2D eigenvalue weighted by molar-refractivity contribution is 0.0989. The molecule has 70 valence electrons. The fourth-order valence-electron chi connectivity index (χ4n) is 1.16. The van der Waals surface area contributed by atoms with Crippen molar-refractivity contribution in [3.05, 3.63) is 35.4 Å². The molecule has 0 spiro atoms. The molecule has 13 heavy (non-hydrogen) atoms. The minimum atomic E-state index is 0.123. The van der Waals surface area contributed by atoms with E-state index in [9.17, 15) is 4.79 Å². The SMILES string of the molecule is CCc1ccc(C(=O)CCCl)cc1. The highest BCUT2D eigenvalue weighted by Gasteiger charge is 2.03. The monoisotopic (exact) mass is 196 g/mol. The molecule has 1 aromatic rings. The van der Waals surface area contributed by atoms with Crippen molar-refractivity contribution in [3.63, 3.8) is 0 Å². The molecule has 0 N–H and O–H groups in total. The molecule has 0 aliphatic heterocycles. The van der Waals surface area contributed by atoms with E-state index in [2.05, 4.69) is 6.92 Å². The number of carbonyl (C=O) groups is 1. The summed E-state index contributed by atoms with van der Waals surface area (Å²) < 4.78 is 0. The van der Waals surface area contributed by atoms with Crippen molar-refractivity contribution in [1.29, 1.82) is 0 Å². The highest BCUT2D eigenvalue weighted by atomic mass is 35.5. The number of hydrogen-bond acceptors (Lipinski definition) is 1. The molecule has 1 nitrogen and oxygen atoms in total. The zero-order chi connectivity index (χ0) is 9.68. The molecular formula is C11H13ClO. The summed E-state index contributed by atoms with van der Waals surface area (Å²) in [6.07, 6.45) is 1.43. The molecule has 0 amide bonds.